The van der Waals surface area contributed by atoms with E-state index < -0.39 is 0 Å². The fraction of sp³-hybridized carbons (Fsp3) is 0.900. The van der Waals surface area contributed by atoms with Gasteiger partial charge in [0, 0.05) is 13.0 Å². The zero-order valence-corrected chi connectivity index (χ0v) is 8.84. The molecule has 0 aliphatic heterocycles. The minimum atomic E-state index is 0.648. The van der Waals surface area contributed by atoms with Crippen LogP contribution in [0.25, 0.3) is 0 Å². The second-order valence-corrected chi connectivity index (χ2v) is 3.05. The molecule has 0 amide bonds. The maximum atomic E-state index is 8.43. The zero-order chi connectivity index (χ0) is 9.94. The number of hydrogen-bond acceptors (Lipinski definition) is 3. The standard InChI is InChI=1S/C10H21N3/c1-3-12-8-6-10-13(4-2)9-5-7-11/h12H,3-6,8-10H2,1-2H3. The summed E-state index contributed by atoms with van der Waals surface area (Å²) >= 11 is 0. The number of hydrogen-bond donors (Lipinski definition) is 1. The molecule has 0 saturated heterocycles. The van der Waals surface area contributed by atoms with Gasteiger partial charge in [0.25, 0.3) is 0 Å². The fourth-order valence-corrected chi connectivity index (χ4v) is 1.24. The van der Waals surface area contributed by atoms with E-state index in [9.17, 15) is 0 Å². The first kappa shape index (κ1) is 12.4. The second-order valence-electron chi connectivity index (χ2n) is 3.05. The molecule has 76 valence electrons. The molecule has 0 spiro atoms. The van der Waals surface area contributed by atoms with E-state index in [1.807, 2.05) is 0 Å². The highest BCUT2D eigenvalue weighted by Crippen LogP contribution is 1.92. The Kier molecular flexibility index (Phi) is 9.07. The molecular formula is C10H21N3. The molecule has 0 unspecified atom stereocenters. The SMILES string of the molecule is CCNCCCN(CC)CCC#N. The van der Waals surface area contributed by atoms with Crippen molar-refractivity contribution in [3.8, 4) is 6.07 Å². The van der Waals surface area contributed by atoms with Gasteiger partial charge in [-0.3, -0.25) is 0 Å². The van der Waals surface area contributed by atoms with Crippen LogP contribution in [0.3, 0.4) is 0 Å². The normalized spacial score (nSPS) is 10.3. The minimum Gasteiger partial charge on any atom is -0.317 e. The molecule has 0 atom stereocenters. The Labute approximate surface area is 81.7 Å². The quantitative estimate of drug-likeness (QED) is 0.575. The molecule has 0 aromatic heterocycles. The van der Waals surface area contributed by atoms with Gasteiger partial charge in [0.1, 0.15) is 0 Å². The summed E-state index contributed by atoms with van der Waals surface area (Å²) in [6.45, 7) is 9.46. The zero-order valence-electron chi connectivity index (χ0n) is 8.84. The third kappa shape index (κ3) is 7.76. The number of nitriles is 1. The molecule has 0 bridgehead atoms. The summed E-state index contributed by atoms with van der Waals surface area (Å²) in [6, 6.07) is 2.18. The predicted octanol–water partition coefficient (Wildman–Crippen LogP) is 1.22. The second kappa shape index (κ2) is 9.50. The molecule has 0 aromatic rings. The lowest BCUT2D eigenvalue weighted by Crippen LogP contribution is -2.28. The lowest BCUT2D eigenvalue weighted by atomic mass is 10.3. The monoisotopic (exact) mass is 183 g/mol. The van der Waals surface area contributed by atoms with Crippen molar-refractivity contribution >= 4 is 0 Å². The average molecular weight is 183 g/mol. The van der Waals surface area contributed by atoms with Gasteiger partial charge in [-0.05, 0) is 32.6 Å². The van der Waals surface area contributed by atoms with E-state index in [1.165, 1.54) is 6.42 Å². The van der Waals surface area contributed by atoms with Crippen LogP contribution in [0.5, 0.6) is 0 Å². The summed E-state index contributed by atoms with van der Waals surface area (Å²) in [5.74, 6) is 0. The van der Waals surface area contributed by atoms with Crippen molar-refractivity contribution in [1.29, 1.82) is 5.26 Å². The topological polar surface area (TPSA) is 39.1 Å². The van der Waals surface area contributed by atoms with Crippen LogP contribution in [-0.4, -0.2) is 37.6 Å². The highest BCUT2D eigenvalue weighted by molar-refractivity contribution is 4.71. The van der Waals surface area contributed by atoms with Gasteiger partial charge < -0.3 is 10.2 Å². The van der Waals surface area contributed by atoms with E-state index in [1.54, 1.807) is 0 Å². The average Bonchev–Trinajstić information content (AvgIpc) is 2.17. The van der Waals surface area contributed by atoms with E-state index in [0.29, 0.717) is 6.42 Å². The maximum absolute atomic E-state index is 8.43. The summed E-state index contributed by atoms with van der Waals surface area (Å²) in [4.78, 5) is 2.32. The van der Waals surface area contributed by atoms with Crippen LogP contribution in [0.4, 0.5) is 0 Å². The number of rotatable bonds is 8. The molecule has 3 heteroatoms. The van der Waals surface area contributed by atoms with E-state index >= 15 is 0 Å². The highest BCUT2D eigenvalue weighted by atomic mass is 15.1. The smallest absolute Gasteiger partial charge is 0.0635 e. The molecule has 0 aromatic carbocycles. The van der Waals surface area contributed by atoms with E-state index in [4.69, 9.17) is 5.26 Å². The van der Waals surface area contributed by atoms with E-state index in [0.717, 1.165) is 32.7 Å². The van der Waals surface area contributed by atoms with Gasteiger partial charge in [-0.1, -0.05) is 13.8 Å². The molecule has 0 fully saturated rings. The largest absolute Gasteiger partial charge is 0.317 e. The molecule has 0 saturated carbocycles. The minimum absolute atomic E-state index is 0.648. The summed E-state index contributed by atoms with van der Waals surface area (Å²) in [6.07, 6.45) is 1.82. The van der Waals surface area contributed by atoms with Gasteiger partial charge in [-0.15, -0.1) is 0 Å². The lowest BCUT2D eigenvalue weighted by molar-refractivity contribution is 0.290. The summed E-state index contributed by atoms with van der Waals surface area (Å²) in [5.41, 5.74) is 0. The molecule has 0 aliphatic rings. The van der Waals surface area contributed by atoms with E-state index in [2.05, 4.69) is 30.1 Å². The highest BCUT2D eigenvalue weighted by Gasteiger charge is 1.99. The van der Waals surface area contributed by atoms with Crippen molar-refractivity contribution in [3.63, 3.8) is 0 Å². The van der Waals surface area contributed by atoms with Gasteiger partial charge in [0.15, 0.2) is 0 Å². The van der Waals surface area contributed by atoms with Crippen LogP contribution in [0, 0.1) is 11.3 Å². The summed E-state index contributed by atoms with van der Waals surface area (Å²) in [7, 11) is 0. The Balaban J connectivity index is 3.32. The van der Waals surface area contributed by atoms with Gasteiger partial charge >= 0.3 is 0 Å². The third-order valence-corrected chi connectivity index (χ3v) is 2.06. The Bertz CT molecular complexity index is 140. The van der Waals surface area contributed by atoms with Crippen molar-refractivity contribution in [2.24, 2.45) is 0 Å². The predicted molar refractivity (Wildman–Crippen MR) is 55.5 cm³/mol. The first-order valence-corrected chi connectivity index (χ1v) is 5.15. The number of nitrogens with one attached hydrogen (secondary N) is 1. The first-order valence-electron chi connectivity index (χ1n) is 5.15. The molecule has 0 rings (SSSR count). The van der Waals surface area contributed by atoms with Crippen LogP contribution < -0.4 is 5.32 Å². The molecule has 3 nitrogen and oxygen atoms in total. The van der Waals surface area contributed by atoms with E-state index in [-0.39, 0.29) is 0 Å². The molecule has 13 heavy (non-hydrogen) atoms. The Morgan fingerprint density at radius 3 is 2.62 bits per heavy atom. The van der Waals surface area contributed by atoms with Crippen molar-refractivity contribution in [3.05, 3.63) is 0 Å². The molecule has 0 radical (unpaired) electrons. The Morgan fingerprint density at radius 2 is 2.08 bits per heavy atom. The van der Waals surface area contributed by atoms with Gasteiger partial charge in [0.2, 0.25) is 0 Å². The summed E-state index contributed by atoms with van der Waals surface area (Å²) < 4.78 is 0. The molecule has 0 aliphatic carbocycles. The molecule has 1 N–H and O–H groups in total. The molecular weight excluding hydrogens is 162 g/mol. The third-order valence-electron chi connectivity index (χ3n) is 2.06. The van der Waals surface area contributed by atoms with Gasteiger partial charge in [-0.2, -0.15) is 5.26 Å². The van der Waals surface area contributed by atoms with Crippen molar-refractivity contribution in [1.82, 2.24) is 10.2 Å². The van der Waals surface area contributed by atoms with Crippen LogP contribution in [0.2, 0.25) is 0 Å². The van der Waals surface area contributed by atoms with Gasteiger partial charge in [-0.25, -0.2) is 0 Å². The fourth-order valence-electron chi connectivity index (χ4n) is 1.24. The molecule has 0 heterocycles. The number of nitrogens with zero attached hydrogens (tertiary/aromatic N) is 2. The van der Waals surface area contributed by atoms with Crippen molar-refractivity contribution < 1.29 is 0 Å². The summed E-state index contributed by atoms with van der Waals surface area (Å²) in [5, 5.41) is 11.7. The van der Waals surface area contributed by atoms with Crippen LogP contribution >= 0.6 is 0 Å². The van der Waals surface area contributed by atoms with Gasteiger partial charge in [0.05, 0.1) is 6.07 Å². The first-order chi connectivity index (χ1) is 6.35. The van der Waals surface area contributed by atoms with Crippen LogP contribution in [0.1, 0.15) is 26.7 Å². The Hall–Kier alpha value is -0.590. The maximum Gasteiger partial charge on any atom is 0.0635 e. The van der Waals surface area contributed by atoms with Crippen LogP contribution in [-0.2, 0) is 0 Å². The lowest BCUT2D eigenvalue weighted by Gasteiger charge is -2.18. The van der Waals surface area contributed by atoms with Crippen molar-refractivity contribution in [2.75, 3.05) is 32.7 Å². The Morgan fingerprint density at radius 1 is 1.31 bits per heavy atom. The van der Waals surface area contributed by atoms with Crippen molar-refractivity contribution in [2.45, 2.75) is 26.7 Å². The van der Waals surface area contributed by atoms with Crippen LogP contribution in [0.15, 0.2) is 0 Å².